The molecule has 2 rings (SSSR count). The zero-order valence-electron chi connectivity index (χ0n) is 9.23. The van der Waals surface area contributed by atoms with Crippen molar-refractivity contribution < 1.29 is 5.11 Å². The van der Waals surface area contributed by atoms with E-state index in [0.717, 1.165) is 17.1 Å². The Bertz CT molecular complexity index is 511. The molecule has 0 amide bonds. The van der Waals surface area contributed by atoms with E-state index in [9.17, 15) is 5.11 Å². The molecule has 82 valence electrons. The fraction of sp³-hybridized carbons (Fsp3) is 0.167. The van der Waals surface area contributed by atoms with Gasteiger partial charge >= 0.3 is 0 Å². The number of benzene rings is 1. The Hall–Kier alpha value is -2.10. The van der Waals surface area contributed by atoms with Gasteiger partial charge in [-0.05, 0) is 19.1 Å². The number of hydrogen-bond acceptors (Lipinski definition) is 4. The monoisotopic (exact) mass is 215 g/mol. The molecule has 0 aliphatic rings. The number of phenols is 1. The molecule has 0 spiro atoms. The number of aryl methyl sites for hydroxylation is 1. The summed E-state index contributed by atoms with van der Waals surface area (Å²) in [5, 5.41) is 12.4. The van der Waals surface area contributed by atoms with Gasteiger partial charge in [0, 0.05) is 24.4 Å². The average molecular weight is 215 g/mol. The Labute approximate surface area is 94.0 Å². The number of aromatic nitrogens is 2. The smallest absolute Gasteiger partial charge is 0.161 e. The van der Waals surface area contributed by atoms with Crippen LogP contribution in [0.3, 0.4) is 0 Å². The lowest BCUT2D eigenvalue weighted by Crippen LogP contribution is -1.98. The molecular weight excluding hydrogens is 202 g/mol. The maximum atomic E-state index is 9.40. The summed E-state index contributed by atoms with van der Waals surface area (Å²) in [6, 6.07) is 8.78. The van der Waals surface area contributed by atoms with Crippen LogP contribution in [0.5, 0.6) is 5.75 Å². The van der Waals surface area contributed by atoms with Crippen molar-refractivity contribution in [3.63, 3.8) is 0 Å². The molecule has 2 aromatic rings. The van der Waals surface area contributed by atoms with Crippen molar-refractivity contribution in [2.75, 3.05) is 12.4 Å². The molecule has 4 nitrogen and oxygen atoms in total. The van der Waals surface area contributed by atoms with Crippen LogP contribution in [-0.4, -0.2) is 22.1 Å². The number of anilines is 1. The SMILES string of the molecule is CNc1cc(C)nc(-c2cccc(O)c2)n1. The van der Waals surface area contributed by atoms with Crippen LogP contribution in [0.2, 0.25) is 0 Å². The fourth-order valence-corrected chi connectivity index (χ4v) is 1.47. The lowest BCUT2D eigenvalue weighted by atomic mass is 10.2. The third kappa shape index (κ3) is 2.11. The van der Waals surface area contributed by atoms with E-state index >= 15 is 0 Å². The minimum atomic E-state index is 0.216. The van der Waals surface area contributed by atoms with Gasteiger partial charge in [-0.3, -0.25) is 0 Å². The summed E-state index contributed by atoms with van der Waals surface area (Å²) in [6.07, 6.45) is 0. The molecule has 0 saturated carbocycles. The first-order chi connectivity index (χ1) is 7.69. The average Bonchev–Trinajstić information content (AvgIpc) is 2.28. The summed E-state index contributed by atoms with van der Waals surface area (Å²) in [7, 11) is 1.81. The fourth-order valence-electron chi connectivity index (χ4n) is 1.47. The molecule has 0 atom stereocenters. The van der Waals surface area contributed by atoms with Crippen molar-refractivity contribution in [2.45, 2.75) is 6.92 Å². The molecule has 1 heterocycles. The zero-order chi connectivity index (χ0) is 11.5. The van der Waals surface area contributed by atoms with E-state index in [4.69, 9.17) is 0 Å². The highest BCUT2D eigenvalue weighted by atomic mass is 16.3. The molecule has 4 heteroatoms. The standard InChI is InChI=1S/C12H13N3O/c1-8-6-11(13-2)15-12(14-8)9-4-3-5-10(16)7-9/h3-7,16H,1-2H3,(H,13,14,15). The van der Waals surface area contributed by atoms with Crippen molar-refractivity contribution in [1.82, 2.24) is 9.97 Å². The largest absolute Gasteiger partial charge is 0.508 e. The molecule has 2 N–H and O–H groups in total. The summed E-state index contributed by atoms with van der Waals surface area (Å²) >= 11 is 0. The predicted octanol–water partition coefficient (Wildman–Crippen LogP) is 2.20. The minimum absolute atomic E-state index is 0.216. The van der Waals surface area contributed by atoms with Crippen LogP contribution in [-0.2, 0) is 0 Å². The summed E-state index contributed by atoms with van der Waals surface area (Å²) in [6.45, 7) is 1.91. The second kappa shape index (κ2) is 4.18. The molecule has 0 bridgehead atoms. The Kier molecular flexibility index (Phi) is 2.72. The van der Waals surface area contributed by atoms with Gasteiger partial charge in [-0.2, -0.15) is 0 Å². The van der Waals surface area contributed by atoms with Crippen LogP contribution in [0.25, 0.3) is 11.4 Å². The van der Waals surface area contributed by atoms with Crippen LogP contribution < -0.4 is 5.32 Å². The summed E-state index contributed by atoms with van der Waals surface area (Å²) in [5.74, 6) is 1.60. The Morgan fingerprint density at radius 2 is 2.00 bits per heavy atom. The van der Waals surface area contributed by atoms with Gasteiger partial charge in [0.1, 0.15) is 11.6 Å². The molecule has 0 radical (unpaired) electrons. The zero-order valence-corrected chi connectivity index (χ0v) is 9.23. The first-order valence-electron chi connectivity index (χ1n) is 5.02. The van der Waals surface area contributed by atoms with Crippen LogP contribution in [0.4, 0.5) is 5.82 Å². The van der Waals surface area contributed by atoms with Gasteiger partial charge in [0.2, 0.25) is 0 Å². The summed E-state index contributed by atoms with van der Waals surface area (Å²) in [5.41, 5.74) is 1.69. The van der Waals surface area contributed by atoms with Crippen molar-refractivity contribution in [3.8, 4) is 17.1 Å². The van der Waals surface area contributed by atoms with E-state index in [-0.39, 0.29) is 5.75 Å². The van der Waals surface area contributed by atoms with Gasteiger partial charge in [0.05, 0.1) is 0 Å². The third-order valence-electron chi connectivity index (χ3n) is 2.21. The van der Waals surface area contributed by atoms with Gasteiger partial charge in [0.25, 0.3) is 0 Å². The van der Waals surface area contributed by atoms with Crippen molar-refractivity contribution in [2.24, 2.45) is 0 Å². The number of rotatable bonds is 2. The topological polar surface area (TPSA) is 58.0 Å². The van der Waals surface area contributed by atoms with Gasteiger partial charge in [0.15, 0.2) is 5.82 Å². The molecular formula is C12H13N3O. The highest BCUT2D eigenvalue weighted by Crippen LogP contribution is 2.21. The third-order valence-corrected chi connectivity index (χ3v) is 2.21. The molecule has 0 unspecified atom stereocenters. The van der Waals surface area contributed by atoms with E-state index in [2.05, 4.69) is 15.3 Å². The molecule has 1 aromatic heterocycles. The summed E-state index contributed by atoms with van der Waals surface area (Å²) < 4.78 is 0. The quantitative estimate of drug-likeness (QED) is 0.806. The number of nitrogens with one attached hydrogen (secondary N) is 1. The Balaban J connectivity index is 2.51. The van der Waals surface area contributed by atoms with Crippen molar-refractivity contribution >= 4 is 5.82 Å². The number of nitrogens with zero attached hydrogens (tertiary/aromatic N) is 2. The van der Waals surface area contributed by atoms with E-state index in [0.29, 0.717) is 5.82 Å². The van der Waals surface area contributed by atoms with Gasteiger partial charge < -0.3 is 10.4 Å². The highest BCUT2D eigenvalue weighted by Gasteiger charge is 2.04. The number of hydrogen-bond donors (Lipinski definition) is 2. The normalized spacial score (nSPS) is 10.1. The minimum Gasteiger partial charge on any atom is -0.508 e. The van der Waals surface area contributed by atoms with E-state index in [1.54, 1.807) is 18.2 Å². The molecule has 16 heavy (non-hydrogen) atoms. The predicted molar refractivity (Wildman–Crippen MR) is 63.4 cm³/mol. The van der Waals surface area contributed by atoms with Gasteiger partial charge in [-0.25, -0.2) is 9.97 Å². The first-order valence-corrected chi connectivity index (χ1v) is 5.02. The van der Waals surface area contributed by atoms with Gasteiger partial charge in [-0.15, -0.1) is 0 Å². The molecule has 0 fully saturated rings. The molecule has 0 aliphatic carbocycles. The second-order valence-corrected chi connectivity index (χ2v) is 3.52. The number of aromatic hydroxyl groups is 1. The van der Waals surface area contributed by atoms with Crippen LogP contribution in [0, 0.1) is 6.92 Å². The molecule has 0 aliphatic heterocycles. The van der Waals surface area contributed by atoms with E-state index in [1.807, 2.05) is 26.1 Å². The van der Waals surface area contributed by atoms with Crippen molar-refractivity contribution in [3.05, 3.63) is 36.0 Å². The lowest BCUT2D eigenvalue weighted by Gasteiger charge is -2.05. The highest BCUT2D eigenvalue weighted by molar-refractivity contribution is 5.59. The number of phenolic OH excluding ortho intramolecular Hbond substituents is 1. The van der Waals surface area contributed by atoms with E-state index < -0.39 is 0 Å². The van der Waals surface area contributed by atoms with Crippen LogP contribution >= 0.6 is 0 Å². The van der Waals surface area contributed by atoms with Crippen LogP contribution in [0.15, 0.2) is 30.3 Å². The van der Waals surface area contributed by atoms with Gasteiger partial charge in [-0.1, -0.05) is 12.1 Å². The van der Waals surface area contributed by atoms with Crippen molar-refractivity contribution in [1.29, 1.82) is 0 Å². The first kappa shape index (κ1) is 10.4. The summed E-state index contributed by atoms with van der Waals surface area (Å²) in [4.78, 5) is 8.66. The van der Waals surface area contributed by atoms with Crippen LogP contribution in [0.1, 0.15) is 5.69 Å². The molecule has 0 saturated heterocycles. The molecule has 1 aromatic carbocycles. The maximum Gasteiger partial charge on any atom is 0.161 e. The lowest BCUT2D eigenvalue weighted by molar-refractivity contribution is 0.475. The maximum absolute atomic E-state index is 9.40. The Morgan fingerprint density at radius 3 is 2.69 bits per heavy atom. The van der Waals surface area contributed by atoms with E-state index in [1.165, 1.54) is 0 Å². The second-order valence-electron chi connectivity index (χ2n) is 3.52. The Morgan fingerprint density at radius 1 is 1.19 bits per heavy atom.